The summed E-state index contributed by atoms with van der Waals surface area (Å²) in [6.07, 6.45) is 3.76. The van der Waals surface area contributed by atoms with Crippen LogP contribution in [0.25, 0.3) is 0 Å². The van der Waals surface area contributed by atoms with E-state index in [4.69, 9.17) is 0 Å². The lowest BCUT2D eigenvalue weighted by atomic mass is 9.99. The van der Waals surface area contributed by atoms with E-state index in [1.54, 1.807) is 19.4 Å². The second kappa shape index (κ2) is 5.69. The van der Waals surface area contributed by atoms with Gasteiger partial charge in [0.25, 0.3) is 0 Å². The lowest BCUT2D eigenvalue weighted by molar-refractivity contribution is 0.543. The quantitative estimate of drug-likeness (QED) is 0.900. The van der Waals surface area contributed by atoms with Gasteiger partial charge < -0.3 is 5.32 Å². The molecule has 18 heavy (non-hydrogen) atoms. The maximum Gasteiger partial charge on any atom is 0.126 e. The highest BCUT2D eigenvalue weighted by Crippen LogP contribution is 2.20. The number of rotatable bonds is 4. The molecule has 2 rings (SSSR count). The van der Waals surface area contributed by atoms with Gasteiger partial charge in [-0.25, -0.2) is 8.78 Å². The van der Waals surface area contributed by atoms with Crippen LogP contribution in [0.15, 0.2) is 42.7 Å². The third-order valence-electron chi connectivity index (χ3n) is 2.89. The molecule has 1 aromatic heterocycles. The lowest BCUT2D eigenvalue weighted by Crippen LogP contribution is -2.19. The Morgan fingerprint density at radius 1 is 1.17 bits per heavy atom. The molecule has 2 nitrogen and oxygen atoms in total. The van der Waals surface area contributed by atoms with Crippen LogP contribution >= 0.6 is 0 Å². The number of halogens is 2. The van der Waals surface area contributed by atoms with Crippen molar-refractivity contribution in [3.05, 3.63) is 65.5 Å². The number of nitrogens with zero attached hydrogens (tertiary/aromatic N) is 1. The molecule has 0 spiro atoms. The van der Waals surface area contributed by atoms with E-state index in [1.807, 2.05) is 12.1 Å². The second-order valence-electron chi connectivity index (χ2n) is 4.06. The van der Waals surface area contributed by atoms with E-state index in [1.165, 1.54) is 6.07 Å². The molecule has 1 heterocycles. The van der Waals surface area contributed by atoms with Crippen LogP contribution in [0.5, 0.6) is 0 Å². The highest BCUT2D eigenvalue weighted by molar-refractivity contribution is 5.23. The van der Waals surface area contributed by atoms with Crippen LogP contribution in [0.4, 0.5) is 8.78 Å². The standard InChI is InChI=1S/C14H14F2N2/c1-17-14(10-4-6-18-7-5-10)9-11-8-12(15)2-3-13(11)16/h2-8,14,17H,9H2,1H3. The zero-order valence-corrected chi connectivity index (χ0v) is 10.0. The molecule has 1 atom stereocenters. The minimum absolute atomic E-state index is 0.0655. The van der Waals surface area contributed by atoms with E-state index in [9.17, 15) is 8.78 Å². The van der Waals surface area contributed by atoms with E-state index in [2.05, 4.69) is 10.3 Å². The van der Waals surface area contributed by atoms with E-state index < -0.39 is 5.82 Å². The van der Waals surface area contributed by atoms with Crippen molar-refractivity contribution < 1.29 is 8.78 Å². The zero-order valence-electron chi connectivity index (χ0n) is 10.0. The van der Waals surface area contributed by atoms with Crippen molar-refractivity contribution in [2.24, 2.45) is 0 Å². The highest BCUT2D eigenvalue weighted by atomic mass is 19.1. The van der Waals surface area contributed by atoms with Gasteiger partial charge in [-0.05, 0) is 54.9 Å². The van der Waals surface area contributed by atoms with E-state index in [-0.39, 0.29) is 11.9 Å². The molecule has 0 saturated heterocycles. The average Bonchev–Trinajstić information content (AvgIpc) is 2.41. The van der Waals surface area contributed by atoms with Crippen molar-refractivity contribution in [1.82, 2.24) is 10.3 Å². The van der Waals surface area contributed by atoms with Crippen LogP contribution in [0.1, 0.15) is 17.2 Å². The normalized spacial score (nSPS) is 12.4. The summed E-state index contributed by atoms with van der Waals surface area (Å²) in [7, 11) is 1.79. The van der Waals surface area contributed by atoms with Crippen LogP contribution in [0.3, 0.4) is 0 Å². The fourth-order valence-electron chi connectivity index (χ4n) is 1.90. The van der Waals surface area contributed by atoms with Gasteiger partial charge in [-0.1, -0.05) is 0 Å². The highest BCUT2D eigenvalue weighted by Gasteiger charge is 2.13. The van der Waals surface area contributed by atoms with E-state index in [0.717, 1.165) is 17.7 Å². The Hall–Kier alpha value is -1.81. The van der Waals surface area contributed by atoms with Crippen LogP contribution < -0.4 is 5.32 Å². The van der Waals surface area contributed by atoms with Crippen molar-refractivity contribution in [3.8, 4) is 0 Å². The third-order valence-corrected chi connectivity index (χ3v) is 2.89. The van der Waals surface area contributed by atoms with Gasteiger partial charge in [0.15, 0.2) is 0 Å². The first-order valence-electron chi connectivity index (χ1n) is 5.72. The van der Waals surface area contributed by atoms with E-state index >= 15 is 0 Å². The van der Waals surface area contributed by atoms with Gasteiger partial charge in [0.1, 0.15) is 11.6 Å². The molecule has 0 bridgehead atoms. The summed E-state index contributed by atoms with van der Waals surface area (Å²) in [4.78, 5) is 3.94. The molecular weight excluding hydrogens is 234 g/mol. The Bertz CT molecular complexity index is 514. The zero-order chi connectivity index (χ0) is 13.0. The number of nitrogens with one attached hydrogen (secondary N) is 1. The Balaban J connectivity index is 2.23. The number of likely N-dealkylation sites (N-methyl/N-ethyl adjacent to an activating group) is 1. The predicted molar refractivity (Wildman–Crippen MR) is 66.1 cm³/mol. The summed E-state index contributed by atoms with van der Waals surface area (Å²) in [6.45, 7) is 0. The molecule has 0 aliphatic heterocycles. The first-order valence-corrected chi connectivity index (χ1v) is 5.72. The first kappa shape index (κ1) is 12.6. The van der Waals surface area contributed by atoms with Crippen LogP contribution in [0.2, 0.25) is 0 Å². The Morgan fingerprint density at radius 3 is 2.56 bits per heavy atom. The van der Waals surface area contributed by atoms with Crippen LogP contribution in [-0.2, 0) is 6.42 Å². The summed E-state index contributed by atoms with van der Waals surface area (Å²) in [6, 6.07) is 7.17. The molecule has 2 aromatic rings. The summed E-state index contributed by atoms with van der Waals surface area (Å²) < 4.78 is 26.7. The SMILES string of the molecule is CNC(Cc1cc(F)ccc1F)c1ccncc1. The molecule has 1 N–H and O–H groups in total. The van der Waals surface area contributed by atoms with Crippen LogP contribution in [-0.4, -0.2) is 12.0 Å². The molecular formula is C14H14F2N2. The topological polar surface area (TPSA) is 24.9 Å². The lowest BCUT2D eigenvalue weighted by Gasteiger charge is -2.17. The van der Waals surface area contributed by atoms with Gasteiger partial charge in [0, 0.05) is 18.4 Å². The molecule has 1 aromatic carbocycles. The Morgan fingerprint density at radius 2 is 1.89 bits per heavy atom. The van der Waals surface area contributed by atoms with Crippen LogP contribution in [0, 0.1) is 11.6 Å². The molecule has 4 heteroatoms. The number of pyridine rings is 1. The van der Waals surface area contributed by atoms with Crippen molar-refractivity contribution in [2.75, 3.05) is 7.05 Å². The second-order valence-corrected chi connectivity index (χ2v) is 4.06. The Labute approximate surface area is 105 Å². The molecule has 0 amide bonds. The van der Waals surface area contributed by atoms with Gasteiger partial charge in [0.05, 0.1) is 0 Å². The van der Waals surface area contributed by atoms with Crippen molar-refractivity contribution >= 4 is 0 Å². The minimum Gasteiger partial charge on any atom is -0.313 e. The minimum atomic E-state index is -0.420. The third kappa shape index (κ3) is 2.90. The first-order chi connectivity index (χ1) is 8.70. The molecule has 0 saturated carbocycles. The summed E-state index contributed by atoms with van der Waals surface area (Å²) in [5, 5.41) is 3.10. The molecule has 1 unspecified atom stereocenters. The number of benzene rings is 1. The van der Waals surface area contributed by atoms with Gasteiger partial charge in [0.2, 0.25) is 0 Å². The van der Waals surface area contributed by atoms with Crippen molar-refractivity contribution in [1.29, 1.82) is 0 Å². The number of hydrogen-bond acceptors (Lipinski definition) is 2. The summed E-state index contributed by atoms with van der Waals surface area (Å²) in [5.41, 5.74) is 1.36. The van der Waals surface area contributed by atoms with Gasteiger partial charge in [-0.15, -0.1) is 0 Å². The average molecular weight is 248 g/mol. The summed E-state index contributed by atoms with van der Waals surface area (Å²) >= 11 is 0. The smallest absolute Gasteiger partial charge is 0.126 e. The largest absolute Gasteiger partial charge is 0.313 e. The van der Waals surface area contributed by atoms with E-state index in [0.29, 0.717) is 12.0 Å². The number of aromatic nitrogens is 1. The summed E-state index contributed by atoms with van der Waals surface area (Å²) in [5.74, 6) is -0.804. The monoisotopic (exact) mass is 248 g/mol. The van der Waals surface area contributed by atoms with Crippen molar-refractivity contribution in [3.63, 3.8) is 0 Å². The maximum atomic E-state index is 13.6. The fourth-order valence-corrected chi connectivity index (χ4v) is 1.90. The fraction of sp³-hybridized carbons (Fsp3) is 0.214. The van der Waals surface area contributed by atoms with Gasteiger partial charge in [-0.2, -0.15) is 0 Å². The Kier molecular flexibility index (Phi) is 3.99. The number of hydrogen-bond donors (Lipinski definition) is 1. The van der Waals surface area contributed by atoms with Gasteiger partial charge >= 0.3 is 0 Å². The van der Waals surface area contributed by atoms with Crippen molar-refractivity contribution in [2.45, 2.75) is 12.5 Å². The molecule has 0 aliphatic rings. The molecule has 0 aliphatic carbocycles. The predicted octanol–water partition coefficient (Wildman–Crippen LogP) is 2.86. The maximum absolute atomic E-state index is 13.6. The molecule has 0 fully saturated rings. The van der Waals surface area contributed by atoms with Gasteiger partial charge in [-0.3, -0.25) is 4.98 Å². The molecule has 94 valence electrons. The molecule has 0 radical (unpaired) electrons.